The van der Waals surface area contributed by atoms with Crippen LogP contribution in [0.15, 0.2) is 12.3 Å². The standard InChI is InChI=1S/C16H30N4/c1-5-17-14(4)15-6-9-19(10-7-15)12-16-8-11-20(18-16)13(2)3/h8,11,13-15,17H,5-7,9-10,12H2,1-4H3. The second-order valence-corrected chi connectivity index (χ2v) is 6.34. The van der Waals surface area contributed by atoms with Gasteiger partial charge in [-0.2, -0.15) is 5.10 Å². The van der Waals surface area contributed by atoms with Gasteiger partial charge < -0.3 is 5.32 Å². The van der Waals surface area contributed by atoms with E-state index in [0.717, 1.165) is 19.0 Å². The molecule has 0 bridgehead atoms. The number of nitrogens with zero attached hydrogens (tertiary/aromatic N) is 3. The molecule has 0 saturated carbocycles. The van der Waals surface area contributed by atoms with E-state index in [4.69, 9.17) is 0 Å². The highest BCUT2D eigenvalue weighted by Gasteiger charge is 2.23. The minimum absolute atomic E-state index is 0.454. The van der Waals surface area contributed by atoms with Crippen LogP contribution in [0.25, 0.3) is 0 Å². The molecule has 114 valence electrons. The van der Waals surface area contributed by atoms with E-state index in [2.05, 4.69) is 60.0 Å². The van der Waals surface area contributed by atoms with Gasteiger partial charge >= 0.3 is 0 Å². The summed E-state index contributed by atoms with van der Waals surface area (Å²) >= 11 is 0. The fraction of sp³-hybridized carbons (Fsp3) is 0.812. The smallest absolute Gasteiger partial charge is 0.0764 e. The van der Waals surface area contributed by atoms with Gasteiger partial charge in [0.15, 0.2) is 0 Å². The van der Waals surface area contributed by atoms with Gasteiger partial charge in [-0.25, -0.2) is 0 Å². The topological polar surface area (TPSA) is 33.1 Å². The Morgan fingerprint density at radius 1 is 1.30 bits per heavy atom. The molecule has 1 atom stereocenters. The van der Waals surface area contributed by atoms with Crippen molar-refractivity contribution < 1.29 is 0 Å². The van der Waals surface area contributed by atoms with Crippen LogP contribution in [0.1, 0.15) is 52.3 Å². The van der Waals surface area contributed by atoms with Gasteiger partial charge in [-0.15, -0.1) is 0 Å². The Kier molecular flexibility index (Phi) is 5.61. The van der Waals surface area contributed by atoms with Crippen LogP contribution in [0.5, 0.6) is 0 Å². The van der Waals surface area contributed by atoms with E-state index in [1.165, 1.54) is 31.6 Å². The maximum atomic E-state index is 4.65. The Balaban J connectivity index is 1.79. The van der Waals surface area contributed by atoms with E-state index in [1.807, 2.05) is 0 Å². The summed E-state index contributed by atoms with van der Waals surface area (Å²) < 4.78 is 2.05. The second-order valence-electron chi connectivity index (χ2n) is 6.34. The number of hydrogen-bond donors (Lipinski definition) is 1. The molecule has 1 aliphatic rings. The summed E-state index contributed by atoms with van der Waals surface area (Å²) in [6.45, 7) is 13.3. The van der Waals surface area contributed by atoms with Gasteiger partial charge in [0, 0.05) is 24.8 Å². The van der Waals surface area contributed by atoms with Crippen LogP contribution in [0, 0.1) is 5.92 Å². The molecule has 1 N–H and O–H groups in total. The van der Waals surface area contributed by atoms with Crippen molar-refractivity contribution in [3.8, 4) is 0 Å². The summed E-state index contributed by atoms with van der Waals surface area (Å²) in [5.41, 5.74) is 1.21. The molecule has 1 unspecified atom stereocenters. The zero-order valence-electron chi connectivity index (χ0n) is 13.5. The quantitative estimate of drug-likeness (QED) is 0.868. The summed E-state index contributed by atoms with van der Waals surface area (Å²) in [6, 6.07) is 3.27. The van der Waals surface area contributed by atoms with Crippen molar-refractivity contribution in [3.05, 3.63) is 18.0 Å². The molecule has 2 heterocycles. The van der Waals surface area contributed by atoms with Gasteiger partial charge in [-0.05, 0) is 65.2 Å². The lowest BCUT2D eigenvalue weighted by molar-refractivity contribution is 0.155. The second kappa shape index (κ2) is 7.23. The van der Waals surface area contributed by atoms with Crippen molar-refractivity contribution >= 4 is 0 Å². The van der Waals surface area contributed by atoms with E-state index in [0.29, 0.717) is 12.1 Å². The summed E-state index contributed by atoms with van der Waals surface area (Å²) in [5.74, 6) is 0.833. The van der Waals surface area contributed by atoms with Gasteiger partial charge in [0.1, 0.15) is 0 Å². The SMILES string of the molecule is CCNC(C)C1CCN(Cc2ccn(C(C)C)n2)CC1. The number of piperidine rings is 1. The maximum Gasteiger partial charge on any atom is 0.0764 e. The van der Waals surface area contributed by atoms with E-state index in [-0.39, 0.29) is 0 Å². The lowest BCUT2D eigenvalue weighted by Gasteiger charge is -2.34. The zero-order valence-corrected chi connectivity index (χ0v) is 13.5. The summed E-state index contributed by atoms with van der Waals surface area (Å²) in [6.07, 6.45) is 4.71. The van der Waals surface area contributed by atoms with E-state index in [9.17, 15) is 0 Å². The van der Waals surface area contributed by atoms with Gasteiger partial charge in [0.25, 0.3) is 0 Å². The summed E-state index contributed by atoms with van der Waals surface area (Å²) in [7, 11) is 0. The summed E-state index contributed by atoms with van der Waals surface area (Å²) in [5, 5.41) is 8.21. The molecule has 0 aromatic carbocycles. The first-order chi connectivity index (χ1) is 9.60. The number of hydrogen-bond acceptors (Lipinski definition) is 3. The number of likely N-dealkylation sites (tertiary alicyclic amines) is 1. The Morgan fingerprint density at radius 2 is 2.00 bits per heavy atom. The van der Waals surface area contributed by atoms with Crippen molar-refractivity contribution in [1.82, 2.24) is 20.0 Å². The highest BCUT2D eigenvalue weighted by atomic mass is 15.3. The average molecular weight is 278 g/mol. The van der Waals surface area contributed by atoms with Crippen LogP contribution in [0.2, 0.25) is 0 Å². The van der Waals surface area contributed by atoms with E-state index in [1.54, 1.807) is 0 Å². The molecule has 20 heavy (non-hydrogen) atoms. The van der Waals surface area contributed by atoms with Crippen LogP contribution in [-0.4, -0.2) is 40.4 Å². The van der Waals surface area contributed by atoms with Crippen LogP contribution < -0.4 is 5.32 Å². The summed E-state index contributed by atoms with van der Waals surface area (Å²) in [4.78, 5) is 2.54. The zero-order chi connectivity index (χ0) is 14.5. The highest BCUT2D eigenvalue weighted by Crippen LogP contribution is 2.21. The number of aromatic nitrogens is 2. The first kappa shape index (κ1) is 15.5. The van der Waals surface area contributed by atoms with Gasteiger partial charge in [0.05, 0.1) is 5.69 Å². The average Bonchev–Trinajstić information content (AvgIpc) is 2.88. The predicted molar refractivity (Wildman–Crippen MR) is 83.8 cm³/mol. The van der Waals surface area contributed by atoms with E-state index < -0.39 is 0 Å². The molecule has 0 aliphatic carbocycles. The third-order valence-electron chi connectivity index (χ3n) is 4.44. The molecular formula is C16H30N4. The molecule has 1 saturated heterocycles. The molecule has 2 rings (SSSR count). The van der Waals surface area contributed by atoms with Gasteiger partial charge in [0.2, 0.25) is 0 Å². The van der Waals surface area contributed by atoms with Crippen LogP contribution in [-0.2, 0) is 6.54 Å². The molecule has 4 nitrogen and oxygen atoms in total. The Hall–Kier alpha value is -0.870. The van der Waals surface area contributed by atoms with Gasteiger partial charge in [-0.3, -0.25) is 9.58 Å². The van der Waals surface area contributed by atoms with Crippen molar-refractivity contribution in [2.24, 2.45) is 5.92 Å². The van der Waals surface area contributed by atoms with Crippen molar-refractivity contribution in [2.45, 2.75) is 59.2 Å². The molecule has 0 spiro atoms. The number of rotatable bonds is 6. The first-order valence-corrected chi connectivity index (χ1v) is 8.10. The molecule has 0 radical (unpaired) electrons. The molecule has 1 aromatic rings. The van der Waals surface area contributed by atoms with Crippen molar-refractivity contribution in [1.29, 1.82) is 0 Å². The molecule has 1 aliphatic heterocycles. The van der Waals surface area contributed by atoms with Crippen LogP contribution in [0.3, 0.4) is 0 Å². The first-order valence-electron chi connectivity index (χ1n) is 8.10. The third-order valence-corrected chi connectivity index (χ3v) is 4.44. The monoisotopic (exact) mass is 278 g/mol. The van der Waals surface area contributed by atoms with E-state index >= 15 is 0 Å². The minimum atomic E-state index is 0.454. The molecule has 1 fully saturated rings. The normalized spacial score (nSPS) is 19.6. The van der Waals surface area contributed by atoms with Crippen molar-refractivity contribution in [3.63, 3.8) is 0 Å². The fourth-order valence-electron chi connectivity index (χ4n) is 3.08. The molecule has 4 heteroatoms. The van der Waals surface area contributed by atoms with Crippen LogP contribution >= 0.6 is 0 Å². The minimum Gasteiger partial charge on any atom is -0.314 e. The Labute approximate surface area is 123 Å². The van der Waals surface area contributed by atoms with Crippen molar-refractivity contribution in [2.75, 3.05) is 19.6 Å². The molecule has 1 aromatic heterocycles. The third kappa shape index (κ3) is 4.06. The van der Waals surface area contributed by atoms with Crippen LogP contribution in [0.4, 0.5) is 0 Å². The Morgan fingerprint density at radius 3 is 2.55 bits per heavy atom. The lowest BCUT2D eigenvalue weighted by Crippen LogP contribution is -2.41. The molecule has 0 amide bonds. The maximum absolute atomic E-state index is 4.65. The van der Waals surface area contributed by atoms with Gasteiger partial charge in [-0.1, -0.05) is 6.92 Å². The number of nitrogens with one attached hydrogen (secondary N) is 1. The Bertz CT molecular complexity index is 391. The highest BCUT2D eigenvalue weighted by molar-refractivity contribution is 5.00. The molecular weight excluding hydrogens is 248 g/mol. The lowest BCUT2D eigenvalue weighted by atomic mass is 9.90. The largest absolute Gasteiger partial charge is 0.314 e. The predicted octanol–water partition coefficient (Wildman–Crippen LogP) is 2.67. The fourth-order valence-corrected chi connectivity index (χ4v) is 3.08.